The highest BCUT2D eigenvalue weighted by atomic mass is 19.4. The lowest BCUT2D eigenvalue weighted by Gasteiger charge is -2.24. The van der Waals surface area contributed by atoms with Gasteiger partial charge in [-0.15, -0.1) is 0 Å². The molecule has 0 saturated heterocycles. The summed E-state index contributed by atoms with van der Waals surface area (Å²) in [5, 5.41) is 0. The van der Waals surface area contributed by atoms with Gasteiger partial charge in [-0.25, -0.2) is 4.39 Å². The van der Waals surface area contributed by atoms with Gasteiger partial charge in [0.15, 0.2) is 0 Å². The summed E-state index contributed by atoms with van der Waals surface area (Å²) in [6, 6.07) is 2.76. The van der Waals surface area contributed by atoms with Crippen molar-refractivity contribution in [2.45, 2.75) is 44.8 Å². The first-order valence-corrected chi connectivity index (χ1v) is 7.19. The molecule has 0 aromatic heterocycles. The van der Waals surface area contributed by atoms with Crippen LogP contribution >= 0.6 is 0 Å². The predicted molar refractivity (Wildman–Crippen MR) is 72.6 cm³/mol. The van der Waals surface area contributed by atoms with Gasteiger partial charge in [-0.1, -0.05) is 25.8 Å². The maximum absolute atomic E-state index is 13.4. The van der Waals surface area contributed by atoms with Crippen molar-refractivity contribution in [2.75, 3.05) is 0 Å². The highest BCUT2D eigenvalue weighted by Gasteiger charge is 2.36. The largest absolute Gasteiger partial charge is 0.419 e. The summed E-state index contributed by atoms with van der Waals surface area (Å²) in [6.45, 7) is 2.11. The van der Waals surface area contributed by atoms with E-state index in [1.54, 1.807) is 0 Å². The second kappa shape index (κ2) is 6.32. The molecule has 0 bridgehead atoms. The molecule has 1 aliphatic rings. The first-order chi connectivity index (χ1) is 9.86. The zero-order valence-corrected chi connectivity index (χ0v) is 11.9. The number of nitrogens with one attached hydrogen (secondary N) is 1. The third-order valence-corrected chi connectivity index (χ3v) is 4.47. The van der Waals surface area contributed by atoms with Crippen LogP contribution in [0.15, 0.2) is 18.2 Å². The molecule has 21 heavy (non-hydrogen) atoms. The van der Waals surface area contributed by atoms with Crippen molar-refractivity contribution in [3.8, 4) is 0 Å². The molecule has 0 heterocycles. The molecule has 1 aliphatic carbocycles. The first-order valence-electron chi connectivity index (χ1n) is 7.19. The van der Waals surface area contributed by atoms with Gasteiger partial charge in [0.25, 0.3) is 0 Å². The van der Waals surface area contributed by atoms with Crippen molar-refractivity contribution in [1.29, 1.82) is 0 Å². The van der Waals surface area contributed by atoms with E-state index in [0.717, 1.165) is 37.8 Å². The fraction of sp³-hybridized carbons (Fsp3) is 0.600. The Balaban J connectivity index is 2.27. The number of hydrogen-bond donors (Lipinski definition) is 2. The lowest BCUT2D eigenvalue weighted by molar-refractivity contribution is -0.140. The topological polar surface area (TPSA) is 38.0 Å². The number of benzene rings is 1. The van der Waals surface area contributed by atoms with Gasteiger partial charge < -0.3 is 0 Å². The fourth-order valence-electron chi connectivity index (χ4n) is 3.25. The average Bonchev–Trinajstić information content (AvgIpc) is 2.89. The Morgan fingerprint density at radius 2 is 2.05 bits per heavy atom. The Kier molecular flexibility index (Phi) is 4.88. The molecule has 0 amide bonds. The van der Waals surface area contributed by atoms with Crippen LogP contribution in [0.5, 0.6) is 0 Å². The van der Waals surface area contributed by atoms with E-state index in [4.69, 9.17) is 5.84 Å². The molecule has 1 aromatic carbocycles. The third-order valence-electron chi connectivity index (χ3n) is 4.47. The molecule has 0 spiro atoms. The minimum absolute atomic E-state index is 0.187. The molecule has 3 unspecified atom stereocenters. The van der Waals surface area contributed by atoms with Crippen LogP contribution in [0.3, 0.4) is 0 Å². The predicted octanol–water partition coefficient (Wildman–Crippen LogP) is 4.18. The summed E-state index contributed by atoms with van der Waals surface area (Å²) in [4.78, 5) is 0. The number of halogens is 4. The summed E-state index contributed by atoms with van der Waals surface area (Å²) in [7, 11) is 0. The molecular weight excluding hydrogens is 284 g/mol. The van der Waals surface area contributed by atoms with Crippen LogP contribution < -0.4 is 11.3 Å². The van der Waals surface area contributed by atoms with E-state index in [9.17, 15) is 17.6 Å². The van der Waals surface area contributed by atoms with Gasteiger partial charge in [-0.05, 0) is 42.4 Å². The van der Waals surface area contributed by atoms with Crippen molar-refractivity contribution in [1.82, 2.24) is 5.43 Å². The van der Waals surface area contributed by atoms with Crippen LogP contribution in [0.2, 0.25) is 0 Å². The Morgan fingerprint density at radius 3 is 2.57 bits per heavy atom. The van der Waals surface area contributed by atoms with Crippen molar-refractivity contribution in [3.05, 3.63) is 35.1 Å². The Bertz CT molecular complexity index is 487. The van der Waals surface area contributed by atoms with Crippen LogP contribution in [0, 0.1) is 17.7 Å². The first kappa shape index (κ1) is 16.2. The molecule has 118 valence electrons. The number of hydrazine groups is 1. The van der Waals surface area contributed by atoms with Gasteiger partial charge in [0.2, 0.25) is 0 Å². The van der Waals surface area contributed by atoms with Crippen molar-refractivity contribution >= 4 is 0 Å². The molecule has 3 N–H and O–H groups in total. The van der Waals surface area contributed by atoms with Crippen LogP contribution in [0.4, 0.5) is 17.6 Å². The summed E-state index contributed by atoms with van der Waals surface area (Å²) in [6.07, 6.45) is -0.714. The van der Waals surface area contributed by atoms with Gasteiger partial charge in [0, 0.05) is 6.04 Å². The van der Waals surface area contributed by atoms with E-state index in [-0.39, 0.29) is 12.0 Å². The minimum atomic E-state index is -4.69. The number of hydrogen-bond acceptors (Lipinski definition) is 2. The van der Waals surface area contributed by atoms with Gasteiger partial charge in [-0.2, -0.15) is 13.2 Å². The van der Waals surface area contributed by atoms with E-state index in [0.29, 0.717) is 11.5 Å². The number of rotatable bonds is 4. The molecular formula is C15H20F4N2. The van der Waals surface area contributed by atoms with Crippen LogP contribution in [0.1, 0.15) is 49.8 Å². The molecule has 2 nitrogen and oxygen atoms in total. The van der Waals surface area contributed by atoms with Crippen molar-refractivity contribution in [2.24, 2.45) is 17.7 Å². The van der Waals surface area contributed by atoms with E-state index in [1.165, 1.54) is 6.07 Å². The van der Waals surface area contributed by atoms with E-state index in [2.05, 4.69) is 12.3 Å². The maximum atomic E-state index is 13.4. The van der Waals surface area contributed by atoms with Crippen molar-refractivity contribution < 1.29 is 17.6 Å². The Hall–Kier alpha value is -1.14. The summed E-state index contributed by atoms with van der Waals surface area (Å²) >= 11 is 0. The lowest BCUT2D eigenvalue weighted by Crippen LogP contribution is -2.33. The van der Waals surface area contributed by atoms with E-state index in [1.807, 2.05) is 0 Å². The van der Waals surface area contributed by atoms with Gasteiger partial charge in [0.1, 0.15) is 5.82 Å². The number of alkyl halides is 3. The second-order valence-corrected chi connectivity index (χ2v) is 5.73. The zero-order chi connectivity index (χ0) is 15.6. The van der Waals surface area contributed by atoms with Gasteiger partial charge in [-0.3, -0.25) is 11.3 Å². The zero-order valence-electron chi connectivity index (χ0n) is 11.9. The molecule has 0 radical (unpaired) electrons. The standard InChI is InChI=1S/C15H20F4N2/c1-2-9-3-4-10(7-9)14(21-20)11-5-6-13(16)12(8-11)15(17,18)19/h5-6,8-10,14,21H,2-4,7,20H2,1H3. The van der Waals surface area contributed by atoms with Crippen LogP contribution in [-0.2, 0) is 6.18 Å². The molecule has 3 atom stereocenters. The van der Waals surface area contributed by atoms with Crippen molar-refractivity contribution in [3.63, 3.8) is 0 Å². The lowest BCUT2D eigenvalue weighted by atomic mass is 9.90. The quantitative estimate of drug-likeness (QED) is 0.497. The molecule has 1 saturated carbocycles. The molecule has 2 rings (SSSR count). The maximum Gasteiger partial charge on any atom is 0.419 e. The SMILES string of the molecule is CCC1CCC(C(NN)c2ccc(F)c(C(F)(F)F)c2)C1. The molecule has 1 aromatic rings. The van der Waals surface area contributed by atoms with Crippen LogP contribution in [-0.4, -0.2) is 0 Å². The third kappa shape index (κ3) is 3.55. The summed E-state index contributed by atoms with van der Waals surface area (Å²) < 4.78 is 51.8. The summed E-state index contributed by atoms with van der Waals surface area (Å²) in [5.74, 6) is 5.07. The van der Waals surface area contributed by atoms with Crippen LogP contribution in [0.25, 0.3) is 0 Å². The highest BCUT2D eigenvalue weighted by Crippen LogP contribution is 2.41. The molecule has 0 aliphatic heterocycles. The van der Waals surface area contributed by atoms with Gasteiger partial charge in [0.05, 0.1) is 5.56 Å². The summed E-state index contributed by atoms with van der Waals surface area (Å²) in [5.41, 5.74) is 1.78. The minimum Gasteiger partial charge on any atom is -0.271 e. The smallest absolute Gasteiger partial charge is 0.271 e. The Labute approximate surface area is 121 Å². The normalized spacial score (nSPS) is 24.3. The average molecular weight is 304 g/mol. The fourth-order valence-corrected chi connectivity index (χ4v) is 3.25. The number of nitrogens with two attached hydrogens (primary N) is 1. The highest BCUT2D eigenvalue weighted by molar-refractivity contribution is 5.30. The van der Waals surface area contributed by atoms with Gasteiger partial charge >= 0.3 is 6.18 Å². The van der Waals surface area contributed by atoms with E-state index < -0.39 is 17.6 Å². The Morgan fingerprint density at radius 1 is 1.33 bits per heavy atom. The molecule has 6 heteroatoms. The molecule has 1 fully saturated rings. The monoisotopic (exact) mass is 304 g/mol. The van der Waals surface area contributed by atoms with E-state index >= 15 is 0 Å². The second-order valence-electron chi connectivity index (χ2n) is 5.73.